The average molecular weight is 378 g/mol. The van der Waals surface area contributed by atoms with E-state index in [1.165, 1.54) is 11.1 Å². The van der Waals surface area contributed by atoms with Crippen molar-refractivity contribution in [3.8, 4) is 5.75 Å². The van der Waals surface area contributed by atoms with Crippen molar-refractivity contribution in [1.82, 2.24) is 20.0 Å². The van der Waals surface area contributed by atoms with Gasteiger partial charge >= 0.3 is 0 Å². The molecule has 2 fully saturated rings. The van der Waals surface area contributed by atoms with Crippen LogP contribution >= 0.6 is 0 Å². The van der Waals surface area contributed by atoms with Crippen LogP contribution in [0.25, 0.3) is 10.9 Å². The Morgan fingerprint density at radius 2 is 2.11 bits per heavy atom. The van der Waals surface area contributed by atoms with Gasteiger partial charge in [0, 0.05) is 23.4 Å². The number of ether oxygens (including phenoxy) is 3. The van der Waals surface area contributed by atoms with Gasteiger partial charge in [-0.15, -0.1) is 5.10 Å². The highest BCUT2D eigenvalue weighted by atomic mass is 16.5. The second-order valence-corrected chi connectivity index (χ2v) is 7.98. The molecular weight excluding hydrogens is 356 g/mol. The van der Waals surface area contributed by atoms with E-state index in [-0.39, 0.29) is 6.10 Å². The van der Waals surface area contributed by atoms with E-state index >= 15 is 0 Å². The molecule has 0 bridgehead atoms. The van der Waals surface area contributed by atoms with Crippen molar-refractivity contribution in [3.63, 3.8) is 0 Å². The molecule has 144 valence electrons. The van der Waals surface area contributed by atoms with Gasteiger partial charge in [-0.1, -0.05) is 5.21 Å². The third kappa shape index (κ3) is 2.61. The highest BCUT2D eigenvalue weighted by Gasteiger charge is 2.56. The number of hydrogen-bond acceptors (Lipinski definition) is 6. The molecule has 3 aliphatic rings. The molecule has 4 heterocycles. The highest BCUT2D eigenvalue weighted by Crippen LogP contribution is 2.54. The molecule has 7 heteroatoms. The Labute approximate surface area is 162 Å². The molecule has 28 heavy (non-hydrogen) atoms. The predicted octanol–water partition coefficient (Wildman–Crippen LogP) is 2.86. The van der Waals surface area contributed by atoms with Crippen molar-refractivity contribution in [1.29, 1.82) is 0 Å². The van der Waals surface area contributed by atoms with Crippen LogP contribution < -0.4 is 4.74 Å². The zero-order chi connectivity index (χ0) is 18.7. The van der Waals surface area contributed by atoms with Crippen molar-refractivity contribution in [2.24, 2.45) is 11.8 Å². The third-order valence-electron chi connectivity index (χ3n) is 6.26. The minimum Gasteiger partial charge on any atom is -0.484 e. The monoisotopic (exact) mass is 378 g/mol. The Kier molecular flexibility index (Phi) is 3.67. The first-order valence-corrected chi connectivity index (χ1v) is 9.92. The molecule has 0 radical (unpaired) electrons. The Morgan fingerprint density at radius 1 is 1.21 bits per heavy atom. The van der Waals surface area contributed by atoms with Crippen LogP contribution in [0.4, 0.5) is 0 Å². The van der Waals surface area contributed by atoms with Gasteiger partial charge in [0.15, 0.2) is 0 Å². The van der Waals surface area contributed by atoms with Crippen LogP contribution in [0.5, 0.6) is 5.75 Å². The SMILES string of the molecule is C[C@@H](Oc1ccc2ncc3c(c2c1)CCOC3)c1cn(C2[C@H]3COC[C@@H]23)nn1. The van der Waals surface area contributed by atoms with Crippen LogP contribution in [-0.2, 0) is 22.5 Å². The minimum absolute atomic E-state index is 0.170. The van der Waals surface area contributed by atoms with Crippen molar-refractivity contribution in [2.75, 3.05) is 19.8 Å². The molecule has 0 amide bonds. The molecule has 1 saturated carbocycles. The van der Waals surface area contributed by atoms with Crippen LogP contribution in [-0.4, -0.2) is 39.8 Å². The summed E-state index contributed by atoms with van der Waals surface area (Å²) in [4.78, 5) is 4.56. The first kappa shape index (κ1) is 16.4. The molecule has 2 aromatic heterocycles. The van der Waals surface area contributed by atoms with Gasteiger partial charge in [-0.25, -0.2) is 4.68 Å². The molecule has 1 saturated heterocycles. The maximum atomic E-state index is 6.21. The van der Waals surface area contributed by atoms with Crippen LogP contribution in [0.1, 0.15) is 35.9 Å². The van der Waals surface area contributed by atoms with E-state index in [0.29, 0.717) is 24.5 Å². The van der Waals surface area contributed by atoms with Crippen LogP contribution in [0.2, 0.25) is 0 Å². The Hall–Kier alpha value is -2.51. The quantitative estimate of drug-likeness (QED) is 0.695. The Morgan fingerprint density at radius 3 is 3.00 bits per heavy atom. The van der Waals surface area contributed by atoms with Gasteiger partial charge in [-0.3, -0.25) is 4.98 Å². The van der Waals surface area contributed by atoms with Gasteiger partial charge in [0.1, 0.15) is 17.5 Å². The smallest absolute Gasteiger partial charge is 0.141 e. The predicted molar refractivity (Wildman–Crippen MR) is 101 cm³/mol. The molecule has 1 aliphatic carbocycles. The Balaban J connectivity index is 1.24. The van der Waals surface area contributed by atoms with E-state index in [1.807, 2.05) is 36.1 Å². The Bertz CT molecular complexity index is 1040. The van der Waals surface area contributed by atoms with Crippen molar-refractivity contribution in [2.45, 2.75) is 32.1 Å². The van der Waals surface area contributed by atoms with Gasteiger partial charge in [-0.2, -0.15) is 0 Å². The fourth-order valence-corrected chi connectivity index (χ4v) is 4.61. The minimum atomic E-state index is -0.170. The van der Waals surface area contributed by atoms with Crippen molar-refractivity contribution < 1.29 is 14.2 Å². The van der Waals surface area contributed by atoms with E-state index in [9.17, 15) is 0 Å². The van der Waals surface area contributed by atoms with E-state index in [0.717, 1.165) is 48.6 Å². The number of hydrogen-bond donors (Lipinski definition) is 0. The normalized spacial score (nSPS) is 26.7. The lowest BCUT2D eigenvalue weighted by Gasteiger charge is -2.19. The van der Waals surface area contributed by atoms with E-state index in [4.69, 9.17) is 14.2 Å². The second-order valence-electron chi connectivity index (χ2n) is 7.98. The molecule has 0 spiro atoms. The van der Waals surface area contributed by atoms with Crippen LogP contribution in [0.15, 0.2) is 30.6 Å². The molecule has 4 atom stereocenters. The molecule has 0 N–H and O–H groups in total. The molecule has 2 aliphatic heterocycles. The summed E-state index contributed by atoms with van der Waals surface area (Å²) >= 11 is 0. The zero-order valence-corrected chi connectivity index (χ0v) is 15.7. The summed E-state index contributed by atoms with van der Waals surface area (Å²) in [7, 11) is 0. The molecule has 1 aromatic carbocycles. The summed E-state index contributed by atoms with van der Waals surface area (Å²) in [6.45, 7) is 5.10. The summed E-state index contributed by atoms with van der Waals surface area (Å²) in [6, 6.07) is 6.54. The van der Waals surface area contributed by atoms with Gasteiger partial charge in [-0.05, 0) is 42.7 Å². The maximum Gasteiger partial charge on any atom is 0.141 e. The lowest BCUT2D eigenvalue weighted by Crippen LogP contribution is -2.11. The number of aromatic nitrogens is 4. The van der Waals surface area contributed by atoms with Gasteiger partial charge in [0.05, 0.1) is 44.2 Å². The standard InChI is InChI=1S/C21H22N4O3/c1-12(20-8-25(24-23-20)21-17-10-27-11-18(17)21)28-14-2-3-19-16(6-14)15-4-5-26-9-13(15)7-22-19/h2-3,6-8,12,17-18,21H,4-5,9-11H2,1H3/t12-,17-,18+,21?/m1/s1. The zero-order valence-electron chi connectivity index (χ0n) is 15.7. The van der Waals surface area contributed by atoms with E-state index in [2.05, 4.69) is 21.4 Å². The highest BCUT2D eigenvalue weighted by molar-refractivity contribution is 5.84. The number of nitrogens with zero attached hydrogens (tertiary/aromatic N) is 4. The fourth-order valence-electron chi connectivity index (χ4n) is 4.61. The largest absolute Gasteiger partial charge is 0.484 e. The molecule has 1 unspecified atom stereocenters. The summed E-state index contributed by atoms with van der Waals surface area (Å²) in [6.07, 6.45) is 4.69. The summed E-state index contributed by atoms with van der Waals surface area (Å²) < 4.78 is 19.2. The van der Waals surface area contributed by atoms with E-state index in [1.54, 1.807) is 0 Å². The van der Waals surface area contributed by atoms with Crippen LogP contribution in [0.3, 0.4) is 0 Å². The third-order valence-corrected chi connectivity index (χ3v) is 6.26. The van der Waals surface area contributed by atoms with Crippen molar-refractivity contribution in [3.05, 3.63) is 47.4 Å². The number of fused-ring (bicyclic) bond motifs is 4. The lowest BCUT2D eigenvalue weighted by molar-refractivity contribution is 0.111. The average Bonchev–Trinajstić information content (AvgIpc) is 3.10. The molecule has 6 rings (SSSR count). The van der Waals surface area contributed by atoms with Crippen LogP contribution in [0, 0.1) is 11.8 Å². The summed E-state index contributed by atoms with van der Waals surface area (Å²) in [5.41, 5.74) is 4.34. The topological polar surface area (TPSA) is 71.3 Å². The maximum absolute atomic E-state index is 6.21. The molecular formula is C21H22N4O3. The molecule has 3 aromatic rings. The van der Waals surface area contributed by atoms with Gasteiger partial charge in [0.25, 0.3) is 0 Å². The number of pyridine rings is 1. The first-order chi connectivity index (χ1) is 13.8. The molecule has 7 nitrogen and oxygen atoms in total. The summed E-state index contributed by atoms with van der Waals surface area (Å²) in [5.74, 6) is 2.04. The second kappa shape index (κ2) is 6.25. The fraction of sp³-hybridized carbons (Fsp3) is 0.476. The number of benzene rings is 1. The summed E-state index contributed by atoms with van der Waals surface area (Å²) in [5, 5.41) is 9.84. The first-order valence-electron chi connectivity index (χ1n) is 9.92. The van der Waals surface area contributed by atoms with Crippen molar-refractivity contribution >= 4 is 10.9 Å². The van der Waals surface area contributed by atoms with E-state index < -0.39 is 0 Å². The lowest BCUT2D eigenvalue weighted by atomic mass is 10.00. The van der Waals surface area contributed by atoms with Gasteiger partial charge in [0.2, 0.25) is 0 Å². The van der Waals surface area contributed by atoms with Gasteiger partial charge < -0.3 is 14.2 Å². The number of rotatable bonds is 4.